The number of allylic oxidation sites excluding steroid dienone is 3. The zero-order chi connectivity index (χ0) is 19.5. The maximum atomic E-state index is 12.8. The van der Waals surface area contributed by atoms with Crippen molar-refractivity contribution < 1.29 is 14.3 Å². The highest BCUT2D eigenvalue weighted by atomic mass is 16.5. The Morgan fingerprint density at radius 1 is 1.11 bits per heavy atom. The van der Waals surface area contributed by atoms with Crippen LogP contribution < -0.4 is 9.47 Å². The summed E-state index contributed by atoms with van der Waals surface area (Å²) in [6.45, 7) is 1.91. The Labute approximate surface area is 166 Å². The molecule has 0 saturated carbocycles. The van der Waals surface area contributed by atoms with Crippen molar-refractivity contribution in [2.45, 2.75) is 19.4 Å². The smallest absolute Gasteiger partial charge is 0.189 e. The van der Waals surface area contributed by atoms with Gasteiger partial charge in [0.25, 0.3) is 0 Å². The molecule has 0 N–H and O–H groups in total. The Bertz CT molecular complexity index is 930. The van der Waals surface area contributed by atoms with E-state index in [1.54, 1.807) is 20.3 Å². The molecule has 0 unspecified atom stereocenters. The Balaban J connectivity index is 1.46. The average Bonchev–Trinajstić information content (AvgIpc) is 3.03. The minimum absolute atomic E-state index is 0.107. The lowest BCUT2D eigenvalue weighted by atomic mass is 9.97. The molecule has 0 amide bonds. The van der Waals surface area contributed by atoms with Crippen LogP contribution in [-0.4, -0.2) is 31.4 Å². The number of benzene rings is 2. The molecular weight excluding hydrogens is 350 g/mol. The van der Waals surface area contributed by atoms with Gasteiger partial charge in [0.1, 0.15) is 0 Å². The largest absolute Gasteiger partial charge is 0.493 e. The van der Waals surface area contributed by atoms with Gasteiger partial charge in [-0.3, -0.25) is 4.79 Å². The Hall–Kier alpha value is -3.01. The fraction of sp³-hybridized carbons (Fsp3) is 0.292. The van der Waals surface area contributed by atoms with Crippen LogP contribution in [0.2, 0.25) is 0 Å². The van der Waals surface area contributed by atoms with E-state index in [1.165, 1.54) is 5.56 Å². The third-order valence-corrected chi connectivity index (χ3v) is 5.46. The molecule has 4 heteroatoms. The summed E-state index contributed by atoms with van der Waals surface area (Å²) in [6.07, 6.45) is 8.18. The molecule has 0 saturated heterocycles. The number of carbonyl (C=O) groups is 1. The fourth-order valence-corrected chi connectivity index (χ4v) is 3.94. The van der Waals surface area contributed by atoms with Crippen LogP contribution in [-0.2, 0) is 13.0 Å². The molecule has 2 aromatic rings. The molecular formula is C24H25NO3. The number of ketones is 1. The lowest BCUT2D eigenvalue weighted by molar-refractivity contribution is 0.103. The first-order valence-electron chi connectivity index (χ1n) is 9.64. The van der Waals surface area contributed by atoms with E-state index >= 15 is 0 Å². The lowest BCUT2D eigenvalue weighted by Gasteiger charge is -2.27. The van der Waals surface area contributed by atoms with Gasteiger partial charge in [-0.1, -0.05) is 42.5 Å². The van der Waals surface area contributed by atoms with Crippen molar-refractivity contribution in [3.63, 3.8) is 0 Å². The predicted molar refractivity (Wildman–Crippen MR) is 110 cm³/mol. The van der Waals surface area contributed by atoms with Crippen molar-refractivity contribution >= 4 is 5.78 Å². The number of ether oxygens (including phenoxy) is 2. The van der Waals surface area contributed by atoms with Crippen LogP contribution >= 0.6 is 0 Å². The Kier molecular flexibility index (Phi) is 5.20. The highest BCUT2D eigenvalue weighted by molar-refractivity contribution is 6.13. The molecule has 4 rings (SSSR count). The quantitative estimate of drug-likeness (QED) is 0.726. The van der Waals surface area contributed by atoms with E-state index < -0.39 is 0 Å². The van der Waals surface area contributed by atoms with Crippen molar-refractivity contribution in [3.8, 4) is 11.5 Å². The molecule has 0 radical (unpaired) electrons. The summed E-state index contributed by atoms with van der Waals surface area (Å²) in [7, 11) is 3.21. The van der Waals surface area contributed by atoms with Gasteiger partial charge in [0.15, 0.2) is 17.3 Å². The number of Topliss-reactive ketones (excluding diaryl/α,β-unsaturated/α-hetero) is 1. The Morgan fingerprint density at radius 3 is 2.54 bits per heavy atom. The second-order valence-corrected chi connectivity index (χ2v) is 7.31. The SMILES string of the molecule is COc1cc2c(cc1OC)C(=O)/C(=C\[C@@H]1C=CN(Cc3ccccc3)CC1)C2. The molecule has 1 aliphatic carbocycles. The second-order valence-electron chi connectivity index (χ2n) is 7.31. The minimum Gasteiger partial charge on any atom is -0.493 e. The second kappa shape index (κ2) is 7.93. The van der Waals surface area contributed by atoms with E-state index in [1.807, 2.05) is 12.1 Å². The number of carbonyl (C=O) groups excluding carboxylic acids is 1. The molecule has 0 fully saturated rings. The first-order valence-corrected chi connectivity index (χ1v) is 9.64. The summed E-state index contributed by atoms with van der Waals surface area (Å²) in [4.78, 5) is 15.2. The summed E-state index contributed by atoms with van der Waals surface area (Å²) in [5.41, 5.74) is 3.93. The van der Waals surface area contributed by atoms with Gasteiger partial charge in [-0.05, 0) is 41.8 Å². The highest BCUT2D eigenvalue weighted by Gasteiger charge is 2.28. The first-order chi connectivity index (χ1) is 13.7. The van der Waals surface area contributed by atoms with Crippen molar-refractivity contribution in [1.82, 2.24) is 4.90 Å². The zero-order valence-electron chi connectivity index (χ0n) is 16.4. The summed E-state index contributed by atoms with van der Waals surface area (Å²) < 4.78 is 10.7. The van der Waals surface area contributed by atoms with Gasteiger partial charge in [-0.25, -0.2) is 0 Å². The van der Waals surface area contributed by atoms with Gasteiger partial charge in [0.05, 0.1) is 14.2 Å². The van der Waals surface area contributed by atoms with Gasteiger partial charge in [-0.2, -0.15) is 0 Å². The molecule has 0 spiro atoms. The van der Waals surface area contributed by atoms with Crippen LogP contribution in [0, 0.1) is 5.92 Å². The van der Waals surface area contributed by atoms with E-state index in [-0.39, 0.29) is 5.78 Å². The monoisotopic (exact) mass is 375 g/mol. The number of hydrogen-bond acceptors (Lipinski definition) is 4. The number of methoxy groups -OCH3 is 2. The zero-order valence-corrected chi connectivity index (χ0v) is 16.4. The van der Waals surface area contributed by atoms with Gasteiger partial charge in [-0.15, -0.1) is 0 Å². The Morgan fingerprint density at radius 2 is 1.86 bits per heavy atom. The molecule has 4 nitrogen and oxygen atoms in total. The van der Waals surface area contributed by atoms with Crippen LogP contribution in [0.5, 0.6) is 11.5 Å². The summed E-state index contributed by atoms with van der Waals surface area (Å²) in [5, 5.41) is 0. The average molecular weight is 375 g/mol. The van der Waals surface area contributed by atoms with E-state index in [0.717, 1.165) is 36.2 Å². The van der Waals surface area contributed by atoms with Gasteiger partial charge >= 0.3 is 0 Å². The maximum absolute atomic E-state index is 12.8. The number of rotatable bonds is 5. The molecule has 1 aliphatic heterocycles. The molecule has 144 valence electrons. The molecule has 2 aliphatic rings. The lowest BCUT2D eigenvalue weighted by Crippen LogP contribution is -2.23. The normalized spacial score (nSPS) is 19.8. The van der Waals surface area contributed by atoms with Crippen LogP contribution in [0.1, 0.15) is 27.9 Å². The fourth-order valence-electron chi connectivity index (χ4n) is 3.94. The first kappa shape index (κ1) is 18.4. The standard InChI is InChI=1S/C24H25NO3/c1-27-22-14-19-13-20(24(26)21(19)15-23(22)28-2)12-17-8-10-25(11-9-17)16-18-6-4-3-5-7-18/h3-8,10,12,14-15,17H,9,11,13,16H2,1-2H3/b20-12-/t17-/m1/s1. The number of hydrogen-bond donors (Lipinski definition) is 0. The van der Waals surface area contributed by atoms with Gasteiger partial charge in [0.2, 0.25) is 0 Å². The van der Waals surface area contributed by atoms with E-state index in [0.29, 0.717) is 23.8 Å². The summed E-state index contributed by atoms with van der Waals surface area (Å²) in [6, 6.07) is 14.2. The highest BCUT2D eigenvalue weighted by Crippen LogP contribution is 2.37. The molecule has 28 heavy (non-hydrogen) atoms. The van der Waals surface area contributed by atoms with Crippen molar-refractivity contribution in [2.75, 3.05) is 20.8 Å². The van der Waals surface area contributed by atoms with E-state index in [4.69, 9.17) is 9.47 Å². The topological polar surface area (TPSA) is 38.8 Å². The van der Waals surface area contributed by atoms with Crippen LogP contribution in [0.4, 0.5) is 0 Å². The summed E-state index contributed by atoms with van der Waals surface area (Å²) >= 11 is 0. The predicted octanol–water partition coefficient (Wildman–Crippen LogP) is 4.40. The summed E-state index contributed by atoms with van der Waals surface area (Å²) in [5.74, 6) is 1.68. The van der Waals surface area contributed by atoms with Crippen molar-refractivity contribution in [3.05, 3.63) is 83.1 Å². The third-order valence-electron chi connectivity index (χ3n) is 5.46. The van der Waals surface area contributed by atoms with Crippen molar-refractivity contribution in [2.24, 2.45) is 5.92 Å². The molecule has 0 aromatic heterocycles. The van der Waals surface area contributed by atoms with Crippen LogP contribution in [0.15, 0.2) is 66.4 Å². The molecule has 2 aromatic carbocycles. The van der Waals surface area contributed by atoms with E-state index in [2.05, 4.69) is 47.5 Å². The molecule has 0 bridgehead atoms. The van der Waals surface area contributed by atoms with Crippen LogP contribution in [0.25, 0.3) is 0 Å². The van der Waals surface area contributed by atoms with Gasteiger partial charge in [0, 0.05) is 30.6 Å². The minimum atomic E-state index is 0.107. The van der Waals surface area contributed by atoms with Crippen molar-refractivity contribution in [1.29, 1.82) is 0 Å². The maximum Gasteiger partial charge on any atom is 0.189 e. The van der Waals surface area contributed by atoms with Gasteiger partial charge < -0.3 is 14.4 Å². The van der Waals surface area contributed by atoms with E-state index in [9.17, 15) is 4.79 Å². The molecule has 1 atom stereocenters. The van der Waals surface area contributed by atoms with Crippen LogP contribution in [0.3, 0.4) is 0 Å². The number of fused-ring (bicyclic) bond motifs is 1. The third kappa shape index (κ3) is 3.68. The molecule has 1 heterocycles. The number of nitrogens with zero attached hydrogens (tertiary/aromatic N) is 1.